The number of carbonyl (C=O) groups is 2. The van der Waals surface area contributed by atoms with Crippen LogP contribution >= 0.6 is 11.6 Å². The first kappa shape index (κ1) is 19.3. The Morgan fingerprint density at radius 1 is 1.04 bits per heavy atom. The molecule has 2 N–H and O–H groups in total. The Morgan fingerprint density at radius 3 is 2.57 bits per heavy atom. The smallest absolute Gasteiger partial charge is 0.337 e. The van der Waals surface area contributed by atoms with Gasteiger partial charge in [0.05, 0.1) is 23.4 Å². The van der Waals surface area contributed by atoms with Crippen molar-refractivity contribution in [3.8, 4) is 0 Å². The molecule has 0 saturated heterocycles. The lowest BCUT2D eigenvalue weighted by atomic mass is 10.2. The van der Waals surface area contributed by atoms with Crippen LogP contribution in [0.15, 0.2) is 54.6 Å². The van der Waals surface area contributed by atoms with Crippen LogP contribution in [0.25, 0.3) is 0 Å². The molecule has 28 heavy (non-hydrogen) atoms. The number of aryl methyl sites for hydroxylation is 1. The lowest BCUT2D eigenvalue weighted by Crippen LogP contribution is -2.16. The maximum absolute atomic E-state index is 12.6. The topological polar surface area (TPSA) is 93.2 Å². The monoisotopic (exact) mass is 396 g/mol. The molecular weight excluding hydrogens is 380 g/mol. The molecule has 3 aromatic rings. The predicted molar refractivity (Wildman–Crippen MR) is 107 cm³/mol. The van der Waals surface area contributed by atoms with E-state index in [9.17, 15) is 9.59 Å². The van der Waals surface area contributed by atoms with Gasteiger partial charge in [-0.2, -0.15) is 0 Å². The highest BCUT2D eigenvalue weighted by molar-refractivity contribution is 6.33. The largest absolute Gasteiger partial charge is 0.465 e. The molecule has 0 unspecified atom stereocenters. The van der Waals surface area contributed by atoms with E-state index in [-0.39, 0.29) is 5.69 Å². The van der Waals surface area contributed by atoms with Gasteiger partial charge in [0.25, 0.3) is 5.91 Å². The van der Waals surface area contributed by atoms with E-state index in [2.05, 4.69) is 25.3 Å². The second-order valence-electron chi connectivity index (χ2n) is 5.82. The van der Waals surface area contributed by atoms with Gasteiger partial charge in [-0.25, -0.2) is 14.8 Å². The fourth-order valence-electron chi connectivity index (χ4n) is 2.49. The van der Waals surface area contributed by atoms with E-state index in [4.69, 9.17) is 11.6 Å². The van der Waals surface area contributed by atoms with Crippen molar-refractivity contribution in [1.82, 2.24) is 9.97 Å². The summed E-state index contributed by atoms with van der Waals surface area (Å²) in [5.41, 5.74) is 1.62. The highest BCUT2D eigenvalue weighted by Crippen LogP contribution is 2.24. The summed E-state index contributed by atoms with van der Waals surface area (Å²) in [4.78, 5) is 32.7. The predicted octanol–water partition coefficient (Wildman–Crippen LogP) is 4.22. The molecule has 3 rings (SSSR count). The van der Waals surface area contributed by atoms with Gasteiger partial charge in [0.1, 0.15) is 17.3 Å². The number of methoxy groups -OCH3 is 1. The Labute approximate surface area is 166 Å². The first-order chi connectivity index (χ1) is 13.5. The van der Waals surface area contributed by atoms with Crippen LogP contribution in [-0.2, 0) is 4.74 Å². The maximum Gasteiger partial charge on any atom is 0.337 e. The molecule has 0 aliphatic carbocycles. The summed E-state index contributed by atoms with van der Waals surface area (Å²) < 4.78 is 4.69. The third-order valence-electron chi connectivity index (χ3n) is 3.75. The zero-order valence-electron chi connectivity index (χ0n) is 15.2. The number of anilines is 3. The Bertz CT molecular complexity index is 1040. The number of rotatable bonds is 5. The maximum atomic E-state index is 12.6. The van der Waals surface area contributed by atoms with Crippen molar-refractivity contribution >= 4 is 40.7 Å². The average Bonchev–Trinajstić information content (AvgIpc) is 2.69. The van der Waals surface area contributed by atoms with Gasteiger partial charge in [-0.1, -0.05) is 29.8 Å². The number of aromatic nitrogens is 2. The quantitative estimate of drug-likeness (QED) is 0.627. The molecule has 0 aliphatic heterocycles. The lowest BCUT2D eigenvalue weighted by Gasteiger charge is -2.10. The van der Waals surface area contributed by atoms with Crippen LogP contribution in [0.2, 0.25) is 5.02 Å². The van der Waals surface area contributed by atoms with Crippen LogP contribution in [0.5, 0.6) is 0 Å². The second kappa shape index (κ2) is 8.49. The van der Waals surface area contributed by atoms with Gasteiger partial charge < -0.3 is 15.4 Å². The second-order valence-corrected chi connectivity index (χ2v) is 6.22. The van der Waals surface area contributed by atoms with Crippen LogP contribution in [-0.4, -0.2) is 29.0 Å². The van der Waals surface area contributed by atoms with Gasteiger partial charge in [0, 0.05) is 11.8 Å². The van der Waals surface area contributed by atoms with Crippen molar-refractivity contribution in [3.05, 3.63) is 76.7 Å². The number of nitrogens with one attached hydrogen (secondary N) is 2. The van der Waals surface area contributed by atoms with Crippen molar-refractivity contribution in [2.45, 2.75) is 6.92 Å². The summed E-state index contributed by atoms with van der Waals surface area (Å²) >= 11 is 6.15. The number of halogens is 1. The van der Waals surface area contributed by atoms with E-state index in [1.807, 2.05) is 12.1 Å². The minimum atomic E-state index is -0.486. The molecule has 0 bridgehead atoms. The van der Waals surface area contributed by atoms with E-state index in [0.717, 1.165) is 0 Å². The third-order valence-corrected chi connectivity index (χ3v) is 4.08. The van der Waals surface area contributed by atoms with Gasteiger partial charge in [0.2, 0.25) is 0 Å². The Hall–Kier alpha value is -3.45. The summed E-state index contributed by atoms with van der Waals surface area (Å²) in [6.45, 7) is 1.69. The highest BCUT2D eigenvalue weighted by Gasteiger charge is 2.13. The third kappa shape index (κ3) is 4.63. The van der Waals surface area contributed by atoms with Gasteiger partial charge in [-0.15, -0.1) is 0 Å². The molecule has 1 amide bonds. The Morgan fingerprint density at radius 2 is 1.82 bits per heavy atom. The number of para-hydroxylation sites is 1. The molecule has 0 fully saturated rings. The summed E-state index contributed by atoms with van der Waals surface area (Å²) in [7, 11) is 1.30. The van der Waals surface area contributed by atoms with Gasteiger partial charge in [-0.3, -0.25) is 4.79 Å². The van der Waals surface area contributed by atoms with Crippen LogP contribution in [0.1, 0.15) is 26.7 Å². The number of benzene rings is 2. The number of nitrogens with zero attached hydrogens (tertiary/aromatic N) is 2. The van der Waals surface area contributed by atoms with E-state index in [0.29, 0.717) is 33.6 Å². The summed E-state index contributed by atoms with van der Waals surface area (Å²) in [5.74, 6) is -0.0606. The van der Waals surface area contributed by atoms with Crippen molar-refractivity contribution in [2.24, 2.45) is 0 Å². The Balaban J connectivity index is 1.82. The van der Waals surface area contributed by atoms with Crippen LogP contribution in [0.4, 0.5) is 17.2 Å². The molecule has 2 aromatic carbocycles. The first-order valence-corrected chi connectivity index (χ1v) is 8.71. The minimum absolute atomic E-state index is 0.172. The fraction of sp³-hybridized carbons (Fsp3) is 0.100. The van der Waals surface area contributed by atoms with Crippen molar-refractivity contribution in [2.75, 3.05) is 17.7 Å². The van der Waals surface area contributed by atoms with Crippen LogP contribution < -0.4 is 10.6 Å². The highest BCUT2D eigenvalue weighted by atomic mass is 35.5. The summed E-state index contributed by atoms with van der Waals surface area (Å²) in [6, 6.07) is 15.2. The molecule has 0 aliphatic rings. The van der Waals surface area contributed by atoms with Crippen LogP contribution in [0.3, 0.4) is 0 Å². The molecular formula is C20H17ClN4O3. The molecule has 0 atom stereocenters. The zero-order valence-corrected chi connectivity index (χ0v) is 15.9. The molecule has 7 nitrogen and oxygen atoms in total. The standard InChI is InChI=1S/C20H17ClN4O3/c1-12-22-17(11-18(23-12)25-16-9-4-3-8-15(16)21)19(26)24-14-7-5-6-13(10-14)20(27)28-2/h3-11H,1-2H3,(H,24,26)(H,22,23,25). The van der Waals surface area contributed by atoms with Gasteiger partial charge in [0.15, 0.2) is 0 Å². The van der Waals surface area contributed by atoms with Gasteiger partial charge >= 0.3 is 5.97 Å². The molecule has 142 valence electrons. The number of hydrogen-bond acceptors (Lipinski definition) is 6. The van der Waals surface area contributed by atoms with Crippen molar-refractivity contribution in [3.63, 3.8) is 0 Å². The van der Waals surface area contributed by atoms with E-state index in [1.165, 1.54) is 19.2 Å². The van der Waals surface area contributed by atoms with Crippen LogP contribution in [0, 0.1) is 6.92 Å². The summed E-state index contributed by atoms with van der Waals surface area (Å²) in [5, 5.41) is 6.33. The number of ether oxygens (including phenoxy) is 1. The average molecular weight is 397 g/mol. The zero-order chi connectivity index (χ0) is 20.1. The molecule has 0 saturated carbocycles. The van der Waals surface area contributed by atoms with Crippen molar-refractivity contribution in [1.29, 1.82) is 0 Å². The number of hydrogen-bond donors (Lipinski definition) is 2. The normalized spacial score (nSPS) is 10.2. The number of amides is 1. The molecule has 1 heterocycles. The molecule has 0 radical (unpaired) electrons. The molecule has 0 spiro atoms. The fourth-order valence-corrected chi connectivity index (χ4v) is 2.67. The first-order valence-electron chi connectivity index (χ1n) is 8.33. The van der Waals surface area contributed by atoms with Crippen molar-refractivity contribution < 1.29 is 14.3 Å². The lowest BCUT2D eigenvalue weighted by molar-refractivity contribution is 0.0600. The van der Waals surface area contributed by atoms with E-state index >= 15 is 0 Å². The van der Waals surface area contributed by atoms with Gasteiger partial charge in [-0.05, 0) is 37.3 Å². The number of carbonyl (C=O) groups excluding carboxylic acids is 2. The molecule has 8 heteroatoms. The number of esters is 1. The molecule has 1 aromatic heterocycles. The van der Waals surface area contributed by atoms with E-state index < -0.39 is 11.9 Å². The Kier molecular flexibility index (Phi) is 5.86. The SMILES string of the molecule is COC(=O)c1cccc(NC(=O)c2cc(Nc3ccccc3Cl)nc(C)n2)c1. The van der Waals surface area contributed by atoms with E-state index in [1.54, 1.807) is 37.3 Å². The minimum Gasteiger partial charge on any atom is -0.465 e. The summed E-state index contributed by atoms with van der Waals surface area (Å²) in [6.07, 6.45) is 0.